The third-order valence-electron chi connectivity index (χ3n) is 2.92. The van der Waals surface area contributed by atoms with Gasteiger partial charge in [0.1, 0.15) is 6.04 Å². The van der Waals surface area contributed by atoms with Crippen LogP contribution in [0.1, 0.15) is 27.0 Å². The van der Waals surface area contributed by atoms with Crippen molar-refractivity contribution in [3.63, 3.8) is 0 Å². The number of nitrogens with one attached hydrogen (secondary N) is 2. The molecule has 0 saturated carbocycles. The lowest BCUT2D eigenvalue weighted by atomic mass is 10.2. The molecule has 1 unspecified atom stereocenters. The van der Waals surface area contributed by atoms with Gasteiger partial charge in [0.15, 0.2) is 0 Å². The number of hydrogen-bond acceptors (Lipinski definition) is 4. The molecule has 114 valence electrons. The summed E-state index contributed by atoms with van der Waals surface area (Å²) in [6, 6.07) is 8.96. The van der Waals surface area contributed by atoms with Crippen LogP contribution >= 0.6 is 11.3 Å². The monoisotopic (exact) mass is 317 g/mol. The smallest absolute Gasteiger partial charge is 0.261 e. The van der Waals surface area contributed by atoms with Crippen molar-refractivity contribution < 1.29 is 14.4 Å². The summed E-state index contributed by atoms with van der Waals surface area (Å²) in [5, 5.41) is 7.06. The van der Waals surface area contributed by atoms with E-state index in [-0.39, 0.29) is 11.8 Å². The molecule has 0 aliphatic rings. The fraction of sp³-hybridized carbons (Fsp3) is 0.133. The highest BCUT2D eigenvalue weighted by molar-refractivity contribution is 7.12. The van der Waals surface area contributed by atoms with Crippen molar-refractivity contribution in [2.24, 2.45) is 5.73 Å². The molecule has 1 aromatic carbocycles. The Bertz CT molecular complexity index is 681. The van der Waals surface area contributed by atoms with Crippen LogP contribution in [0.3, 0.4) is 0 Å². The first-order valence-corrected chi connectivity index (χ1v) is 7.40. The minimum Gasteiger partial charge on any atom is -0.366 e. The van der Waals surface area contributed by atoms with Gasteiger partial charge < -0.3 is 16.4 Å². The van der Waals surface area contributed by atoms with Gasteiger partial charge in [-0.1, -0.05) is 6.07 Å². The van der Waals surface area contributed by atoms with Crippen LogP contribution < -0.4 is 16.4 Å². The normalized spacial score (nSPS) is 11.5. The van der Waals surface area contributed by atoms with Gasteiger partial charge in [-0.2, -0.15) is 0 Å². The van der Waals surface area contributed by atoms with Crippen LogP contribution in [0, 0.1) is 0 Å². The molecule has 22 heavy (non-hydrogen) atoms. The number of anilines is 1. The van der Waals surface area contributed by atoms with Crippen LogP contribution in [0.4, 0.5) is 5.69 Å². The Morgan fingerprint density at radius 3 is 2.36 bits per heavy atom. The highest BCUT2D eigenvalue weighted by Crippen LogP contribution is 2.11. The molecule has 2 aromatic rings. The minimum absolute atomic E-state index is 0.290. The largest absolute Gasteiger partial charge is 0.366 e. The molecule has 1 heterocycles. The average molecular weight is 317 g/mol. The third-order valence-corrected chi connectivity index (χ3v) is 3.79. The van der Waals surface area contributed by atoms with E-state index >= 15 is 0 Å². The van der Waals surface area contributed by atoms with E-state index in [0.29, 0.717) is 16.1 Å². The lowest BCUT2D eigenvalue weighted by Gasteiger charge is -2.13. The maximum Gasteiger partial charge on any atom is 0.261 e. The van der Waals surface area contributed by atoms with Gasteiger partial charge in [0.2, 0.25) is 11.8 Å². The number of nitrogens with two attached hydrogens (primary N) is 1. The molecule has 1 aromatic heterocycles. The number of thiophene rings is 1. The second-order valence-corrected chi connectivity index (χ2v) is 5.55. The molecule has 3 amide bonds. The van der Waals surface area contributed by atoms with Crippen molar-refractivity contribution in [3.05, 3.63) is 52.2 Å². The number of primary amides is 1. The fourth-order valence-electron chi connectivity index (χ4n) is 1.71. The van der Waals surface area contributed by atoms with Gasteiger partial charge in [-0.05, 0) is 42.6 Å². The van der Waals surface area contributed by atoms with E-state index in [1.54, 1.807) is 36.6 Å². The molecular formula is C15H15N3O3S. The molecule has 0 aliphatic carbocycles. The van der Waals surface area contributed by atoms with Crippen molar-refractivity contribution in [1.82, 2.24) is 5.32 Å². The molecule has 1 atom stereocenters. The first-order valence-electron chi connectivity index (χ1n) is 6.52. The Kier molecular flexibility index (Phi) is 4.90. The predicted molar refractivity (Wildman–Crippen MR) is 84.8 cm³/mol. The van der Waals surface area contributed by atoms with Crippen LogP contribution in [-0.4, -0.2) is 23.8 Å². The first-order chi connectivity index (χ1) is 10.5. The molecule has 0 fully saturated rings. The quantitative estimate of drug-likeness (QED) is 0.780. The van der Waals surface area contributed by atoms with E-state index in [0.717, 1.165) is 0 Å². The Labute approximate surface area is 131 Å². The summed E-state index contributed by atoms with van der Waals surface area (Å²) in [7, 11) is 0. The molecule has 0 saturated heterocycles. The van der Waals surface area contributed by atoms with Crippen LogP contribution in [0.25, 0.3) is 0 Å². The second kappa shape index (κ2) is 6.86. The number of carbonyl (C=O) groups excluding carboxylic acids is 3. The fourth-order valence-corrected chi connectivity index (χ4v) is 2.34. The third kappa shape index (κ3) is 3.92. The standard InChI is InChI=1S/C15H15N3O3S/c1-9(17-15(21)12-3-2-8-22-12)14(20)18-11-6-4-10(5-7-11)13(16)19/h2-9H,1H3,(H2,16,19)(H,17,21)(H,18,20). The summed E-state index contributed by atoms with van der Waals surface area (Å²) < 4.78 is 0. The second-order valence-electron chi connectivity index (χ2n) is 4.60. The van der Waals surface area contributed by atoms with E-state index in [4.69, 9.17) is 5.73 Å². The van der Waals surface area contributed by atoms with Crippen LogP contribution in [-0.2, 0) is 4.79 Å². The van der Waals surface area contributed by atoms with Gasteiger partial charge in [-0.15, -0.1) is 11.3 Å². The van der Waals surface area contributed by atoms with E-state index in [1.165, 1.54) is 23.5 Å². The summed E-state index contributed by atoms with van der Waals surface area (Å²) in [5.74, 6) is -1.17. The van der Waals surface area contributed by atoms with Crippen LogP contribution in [0.15, 0.2) is 41.8 Å². The zero-order valence-electron chi connectivity index (χ0n) is 11.8. The summed E-state index contributed by atoms with van der Waals surface area (Å²) in [6.07, 6.45) is 0. The summed E-state index contributed by atoms with van der Waals surface area (Å²) in [5.41, 5.74) is 6.02. The Morgan fingerprint density at radius 2 is 1.82 bits per heavy atom. The molecule has 2 rings (SSSR count). The van der Waals surface area contributed by atoms with Crippen LogP contribution in [0.5, 0.6) is 0 Å². The number of rotatable bonds is 5. The van der Waals surface area contributed by atoms with Gasteiger partial charge in [0.05, 0.1) is 4.88 Å². The van der Waals surface area contributed by atoms with Crippen molar-refractivity contribution >= 4 is 34.7 Å². The minimum atomic E-state index is -0.689. The number of hydrogen-bond donors (Lipinski definition) is 3. The maximum atomic E-state index is 12.0. The van der Waals surface area contributed by atoms with Crippen molar-refractivity contribution in [2.45, 2.75) is 13.0 Å². The van der Waals surface area contributed by atoms with Gasteiger partial charge in [0, 0.05) is 11.3 Å². The molecule has 0 aliphatic heterocycles. The molecule has 0 spiro atoms. The maximum absolute atomic E-state index is 12.0. The Hall–Kier alpha value is -2.67. The van der Waals surface area contributed by atoms with Crippen molar-refractivity contribution in [3.8, 4) is 0 Å². The van der Waals surface area contributed by atoms with Gasteiger partial charge in [-0.25, -0.2) is 0 Å². The van der Waals surface area contributed by atoms with Gasteiger partial charge in [-0.3, -0.25) is 14.4 Å². The lowest BCUT2D eigenvalue weighted by Crippen LogP contribution is -2.41. The van der Waals surface area contributed by atoms with E-state index < -0.39 is 11.9 Å². The van der Waals surface area contributed by atoms with E-state index in [1.807, 2.05) is 0 Å². The van der Waals surface area contributed by atoms with Gasteiger partial charge >= 0.3 is 0 Å². The summed E-state index contributed by atoms with van der Waals surface area (Å²) >= 11 is 1.31. The van der Waals surface area contributed by atoms with Crippen molar-refractivity contribution in [2.75, 3.05) is 5.32 Å². The number of benzene rings is 1. The zero-order chi connectivity index (χ0) is 16.1. The molecule has 0 bridgehead atoms. The lowest BCUT2D eigenvalue weighted by molar-refractivity contribution is -0.117. The van der Waals surface area contributed by atoms with Gasteiger partial charge in [0.25, 0.3) is 5.91 Å². The van der Waals surface area contributed by atoms with Crippen molar-refractivity contribution in [1.29, 1.82) is 0 Å². The number of carbonyl (C=O) groups is 3. The summed E-state index contributed by atoms with van der Waals surface area (Å²) in [4.78, 5) is 35.4. The van der Waals surface area contributed by atoms with E-state index in [9.17, 15) is 14.4 Å². The highest BCUT2D eigenvalue weighted by atomic mass is 32.1. The predicted octanol–water partition coefficient (Wildman–Crippen LogP) is 1.60. The average Bonchev–Trinajstić information content (AvgIpc) is 3.02. The first kappa shape index (κ1) is 15.7. The number of amides is 3. The zero-order valence-corrected chi connectivity index (χ0v) is 12.6. The molecule has 6 nitrogen and oxygen atoms in total. The van der Waals surface area contributed by atoms with E-state index in [2.05, 4.69) is 10.6 Å². The molecule has 0 radical (unpaired) electrons. The SMILES string of the molecule is CC(NC(=O)c1cccs1)C(=O)Nc1ccc(C(N)=O)cc1. The highest BCUT2D eigenvalue weighted by Gasteiger charge is 2.17. The topological polar surface area (TPSA) is 101 Å². The molecule has 4 N–H and O–H groups in total. The Morgan fingerprint density at radius 1 is 1.14 bits per heavy atom. The molecule has 7 heteroatoms. The Balaban J connectivity index is 1.93. The molecular weight excluding hydrogens is 302 g/mol. The van der Waals surface area contributed by atoms with Crippen LogP contribution in [0.2, 0.25) is 0 Å². The summed E-state index contributed by atoms with van der Waals surface area (Å²) in [6.45, 7) is 1.60.